The summed E-state index contributed by atoms with van der Waals surface area (Å²) in [6, 6.07) is 13.0. The summed E-state index contributed by atoms with van der Waals surface area (Å²) in [6.45, 7) is 7.50. The number of amides is 2. The molecule has 0 bridgehead atoms. The van der Waals surface area contributed by atoms with Gasteiger partial charge in [-0.25, -0.2) is 0 Å². The highest BCUT2D eigenvalue weighted by Gasteiger charge is 2.13. The molecule has 0 fully saturated rings. The highest BCUT2D eigenvalue weighted by Crippen LogP contribution is 2.19. The first-order chi connectivity index (χ1) is 10.9. The van der Waals surface area contributed by atoms with Crippen LogP contribution in [0.15, 0.2) is 42.5 Å². The van der Waals surface area contributed by atoms with Crippen molar-refractivity contribution in [2.75, 3.05) is 5.32 Å². The molecule has 0 saturated carbocycles. The van der Waals surface area contributed by atoms with Crippen molar-refractivity contribution in [1.82, 2.24) is 5.32 Å². The molecule has 0 spiro atoms. The number of rotatable bonds is 4. The molecule has 1 unspecified atom stereocenters. The van der Waals surface area contributed by atoms with Gasteiger partial charge >= 0.3 is 0 Å². The molecular formula is C19H22N2O2. The molecule has 2 N–H and O–H groups in total. The van der Waals surface area contributed by atoms with E-state index in [1.165, 1.54) is 12.5 Å². The fraction of sp³-hybridized carbons (Fsp3) is 0.263. The van der Waals surface area contributed by atoms with E-state index in [1.807, 2.05) is 32.9 Å². The Morgan fingerprint density at radius 3 is 2.43 bits per heavy atom. The lowest BCUT2D eigenvalue weighted by Gasteiger charge is -2.17. The van der Waals surface area contributed by atoms with E-state index in [1.54, 1.807) is 24.3 Å². The minimum atomic E-state index is -0.162. The van der Waals surface area contributed by atoms with E-state index in [0.29, 0.717) is 11.3 Å². The molecular weight excluding hydrogens is 288 g/mol. The number of hydrogen-bond donors (Lipinski definition) is 2. The second kappa shape index (κ2) is 7.09. The summed E-state index contributed by atoms with van der Waals surface area (Å²) >= 11 is 0. The van der Waals surface area contributed by atoms with Crippen LogP contribution in [0, 0.1) is 13.8 Å². The van der Waals surface area contributed by atoms with Gasteiger partial charge in [-0.15, -0.1) is 0 Å². The first kappa shape index (κ1) is 16.7. The standard InChI is InChI=1S/C19H22N2O2/c1-12-8-9-18(13(2)10-12)14(3)20-19(23)16-6-5-7-17(11-16)21-15(4)22/h5-11,14H,1-4H3,(H,20,23)(H,21,22). The van der Waals surface area contributed by atoms with E-state index < -0.39 is 0 Å². The topological polar surface area (TPSA) is 58.2 Å². The van der Waals surface area contributed by atoms with Gasteiger partial charge in [-0.3, -0.25) is 9.59 Å². The number of aryl methyl sites for hydroxylation is 2. The van der Waals surface area contributed by atoms with Crippen LogP contribution >= 0.6 is 0 Å². The molecule has 2 amide bonds. The third kappa shape index (κ3) is 4.42. The quantitative estimate of drug-likeness (QED) is 0.903. The summed E-state index contributed by atoms with van der Waals surface area (Å²) in [7, 11) is 0. The second-order valence-electron chi connectivity index (χ2n) is 5.82. The largest absolute Gasteiger partial charge is 0.346 e. The van der Waals surface area contributed by atoms with Crippen LogP contribution in [0.3, 0.4) is 0 Å². The summed E-state index contributed by atoms with van der Waals surface area (Å²) in [5.74, 6) is -0.323. The Morgan fingerprint density at radius 2 is 1.78 bits per heavy atom. The Kier molecular flexibility index (Phi) is 5.16. The minimum absolute atomic E-state index is 0.0903. The van der Waals surface area contributed by atoms with Crippen LogP contribution in [-0.4, -0.2) is 11.8 Å². The molecule has 120 valence electrons. The highest BCUT2D eigenvalue weighted by atomic mass is 16.2. The zero-order chi connectivity index (χ0) is 17.0. The zero-order valence-electron chi connectivity index (χ0n) is 13.9. The van der Waals surface area contributed by atoms with Crippen molar-refractivity contribution in [3.8, 4) is 0 Å². The molecule has 2 aromatic rings. The van der Waals surface area contributed by atoms with Crippen LogP contribution in [0.1, 0.15) is 46.9 Å². The van der Waals surface area contributed by atoms with Gasteiger partial charge in [-0.2, -0.15) is 0 Å². The molecule has 2 rings (SSSR count). The molecule has 0 aromatic heterocycles. The van der Waals surface area contributed by atoms with E-state index >= 15 is 0 Å². The molecule has 4 heteroatoms. The van der Waals surface area contributed by atoms with Crippen molar-refractivity contribution in [3.05, 3.63) is 64.7 Å². The minimum Gasteiger partial charge on any atom is -0.346 e. The van der Waals surface area contributed by atoms with Gasteiger partial charge in [-0.1, -0.05) is 29.8 Å². The Bertz CT molecular complexity index is 738. The first-order valence-electron chi connectivity index (χ1n) is 7.62. The normalized spacial score (nSPS) is 11.7. The Balaban J connectivity index is 2.13. The third-order valence-corrected chi connectivity index (χ3v) is 3.68. The molecule has 0 heterocycles. The molecule has 0 aliphatic carbocycles. The van der Waals surface area contributed by atoms with E-state index in [4.69, 9.17) is 0 Å². The average molecular weight is 310 g/mol. The van der Waals surface area contributed by atoms with Crippen molar-refractivity contribution < 1.29 is 9.59 Å². The van der Waals surface area contributed by atoms with E-state index in [-0.39, 0.29) is 17.9 Å². The maximum absolute atomic E-state index is 12.4. The first-order valence-corrected chi connectivity index (χ1v) is 7.62. The van der Waals surface area contributed by atoms with Gasteiger partial charge in [0.05, 0.1) is 6.04 Å². The maximum Gasteiger partial charge on any atom is 0.251 e. The summed E-state index contributed by atoms with van der Waals surface area (Å²) in [5, 5.41) is 5.68. The van der Waals surface area contributed by atoms with Crippen LogP contribution in [0.2, 0.25) is 0 Å². The Labute approximate surface area is 136 Å². The number of benzene rings is 2. The SMILES string of the molecule is CC(=O)Nc1cccc(C(=O)NC(C)c2ccc(C)cc2C)c1. The van der Waals surface area contributed by atoms with Crippen molar-refractivity contribution in [2.24, 2.45) is 0 Å². The van der Waals surface area contributed by atoms with Crippen LogP contribution in [-0.2, 0) is 4.79 Å². The second-order valence-corrected chi connectivity index (χ2v) is 5.82. The smallest absolute Gasteiger partial charge is 0.251 e. The van der Waals surface area contributed by atoms with Crippen molar-refractivity contribution >= 4 is 17.5 Å². The predicted molar refractivity (Wildman–Crippen MR) is 92.5 cm³/mol. The number of carbonyl (C=O) groups is 2. The van der Waals surface area contributed by atoms with E-state index in [0.717, 1.165) is 11.1 Å². The van der Waals surface area contributed by atoms with Crippen molar-refractivity contribution in [3.63, 3.8) is 0 Å². The van der Waals surface area contributed by atoms with Crippen molar-refractivity contribution in [2.45, 2.75) is 33.7 Å². The van der Waals surface area contributed by atoms with Gasteiger partial charge in [0.2, 0.25) is 5.91 Å². The monoisotopic (exact) mass is 310 g/mol. The fourth-order valence-corrected chi connectivity index (χ4v) is 2.61. The Morgan fingerprint density at radius 1 is 1.04 bits per heavy atom. The lowest BCUT2D eigenvalue weighted by molar-refractivity contribution is -0.114. The van der Waals surface area contributed by atoms with Gasteiger partial charge in [0.25, 0.3) is 5.91 Å². The summed E-state index contributed by atoms with van der Waals surface area (Å²) in [6.07, 6.45) is 0. The molecule has 0 aliphatic heterocycles. The van der Waals surface area contributed by atoms with Crippen LogP contribution in [0.25, 0.3) is 0 Å². The fourth-order valence-electron chi connectivity index (χ4n) is 2.61. The number of carbonyl (C=O) groups excluding carboxylic acids is 2. The van der Waals surface area contributed by atoms with Crippen LogP contribution in [0.5, 0.6) is 0 Å². The third-order valence-electron chi connectivity index (χ3n) is 3.68. The van der Waals surface area contributed by atoms with Crippen LogP contribution in [0.4, 0.5) is 5.69 Å². The number of nitrogens with one attached hydrogen (secondary N) is 2. The van der Waals surface area contributed by atoms with Gasteiger partial charge in [0.1, 0.15) is 0 Å². The van der Waals surface area contributed by atoms with Crippen LogP contribution < -0.4 is 10.6 Å². The van der Waals surface area contributed by atoms with Crippen molar-refractivity contribution in [1.29, 1.82) is 0 Å². The molecule has 23 heavy (non-hydrogen) atoms. The summed E-state index contributed by atoms with van der Waals surface area (Å²) < 4.78 is 0. The molecule has 1 atom stereocenters. The maximum atomic E-state index is 12.4. The lowest BCUT2D eigenvalue weighted by Crippen LogP contribution is -2.27. The van der Waals surface area contributed by atoms with Gasteiger partial charge in [0.15, 0.2) is 0 Å². The molecule has 4 nitrogen and oxygen atoms in total. The molecule has 0 radical (unpaired) electrons. The van der Waals surface area contributed by atoms with E-state index in [9.17, 15) is 9.59 Å². The molecule has 2 aromatic carbocycles. The van der Waals surface area contributed by atoms with Gasteiger partial charge < -0.3 is 10.6 Å². The summed E-state index contributed by atoms with van der Waals surface area (Å²) in [4.78, 5) is 23.5. The molecule has 0 aliphatic rings. The lowest BCUT2D eigenvalue weighted by atomic mass is 10.00. The molecule has 0 saturated heterocycles. The summed E-state index contributed by atoms with van der Waals surface area (Å²) in [5.41, 5.74) is 4.59. The van der Waals surface area contributed by atoms with E-state index in [2.05, 4.69) is 16.7 Å². The zero-order valence-corrected chi connectivity index (χ0v) is 13.9. The van der Waals surface area contributed by atoms with Gasteiger partial charge in [-0.05, 0) is 50.1 Å². The Hall–Kier alpha value is -2.62. The number of hydrogen-bond acceptors (Lipinski definition) is 2. The van der Waals surface area contributed by atoms with Gasteiger partial charge in [0, 0.05) is 18.2 Å². The predicted octanol–water partition coefficient (Wildman–Crippen LogP) is 3.75. The average Bonchev–Trinajstić information content (AvgIpc) is 2.46. The highest BCUT2D eigenvalue weighted by molar-refractivity contribution is 5.97. The number of anilines is 1.